The van der Waals surface area contributed by atoms with E-state index >= 15 is 0 Å². The molecule has 0 fully saturated rings. The number of nitrogens with zero attached hydrogens (tertiary/aromatic N) is 2. The molecule has 0 spiro atoms. The van der Waals surface area contributed by atoms with Gasteiger partial charge in [-0.3, -0.25) is 10.1 Å². The highest BCUT2D eigenvalue weighted by Gasteiger charge is 2.13. The number of benzene rings is 3. The SMILES string of the molecule is COc1ccc(Cl)cc1/C(N)=N/OC(=O)c1cccc(COc2ccc([N+](=O)[O-])c(C)c2)c1. The van der Waals surface area contributed by atoms with E-state index in [-0.39, 0.29) is 23.7 Å². The maximum atomic E-state index is 12.4. The largest absolute Gasteiger partial charge is 0.496 e. The fourth-order valence-corrected chi connectivity index (χ4v) is 3.12. The third-order valence-electron chi connectivity index (χ3n) is 4.60. The zero-order valence-corrected chi connectivity index (χ0v) is 18.5. The number of carbonyl (C=O) groups is 1. The van der Waals surface area contributed by atoms with Gasteiger partial charge in [0.2, 0.25) is 0 Å². The van der Waals surface area contributed by atoms with Crippen LogP contribution in [0, 0.1) is 17.0 Å². The van der Waals surface area contributed by atoms with Crippen LogP contribution in [0.3, 0.4) is 0 Å². The van der Waals surface area contributed by atoms with E-state index in [9.17, 15) is 14.9 Å². The Hall–Kier alpha value is -4.11. The van der Waals surface area contributed by atoms with Crippen molar-refractivity contribution in [2.45, 2.75) is 13.5 Å². The number of hydrogen-bond acceptors (Lipinski definition) is 7. The van der Waals surface area contributed by atoms with Gasteiger partial charge in [-0.25, -0.2) is 4.79 Å². The second-order valence-electron chi connectivity index (χ2n) is 6.89. The number of oxime groups is 1. The van der Waals surface area contributed by atoms with E-state index in [1.54, 1.807) is 55.5 Å². The number of ether oxygens (including phenoxy) is 2. The maximum Gasteiger partial charge on any atom is 0.365 e. The maximum absolute atomic E-state index is 12.4. The van der Waals surface area contributed by atoms with Gasteiger partial charge in [0.05, 0.1) is 23.2 Å². The number of nitrogens with two attached hydrogens (primary N) is 1. The third kappa shape index (κ3) is 5.98. The van der Waals surface area contributed by atoms with Crippen LogP contribution in [-0.4, -0.2) is 23.8 Å². The van der Waals surface area contributed by atoms with E-state index in [2.05, 4.69) is 5.16 Å². The van der Waals surface area contributed by atoms with E-state index in [4.69, 9.17) is 31.6 Å². The van der Waals surface area contributed by atoms with Gasteiger partial charge < -0.3 is 20.0 Å². The quantitative estimate of drug-likeness (QED) is 0.167. The average molecular weight is 470 g/mol. The molecule has 9 nitrogen and oxygen atoms in total. The minimum absolute atomic E-state index is 0.0160. The third-order valence-corrected chi connectivity index (χ3v) is 4.83. The molecule has 0 saturated heterocycles. The second kappa shape index (κ2) is 10.5. The van der Waals surface area contributed by atoms with Crippen LogP contribution in [0.15, 0.2) is 65.8 Å². The molecule has 2 N–H and O–H groups in total. The molecule has 0 saturated carbocycles. The lowest BCUT2D eigenvalue weighted by molar-refractivity contribution is -0.385. The van der Waals surface area contributed by atoms with Crippen molar-refractivity contribution in [1.82, 2.24) is 0 Å². The summed E-state index contributed by atoms with van der Waals surface area (Å²) < 4.78 is 10.9. The van der Waals surface area contributed by atoms with Gasteiger partial charge >= 0.3 is 5.97 Å². The van der Waals surface area contributed by atoms with Crippen LogP contribution < -0.4 is 15.2 Å². The molecule has 0 aliphatic heterocycles. The van der Waals surface area contributed by atoms with Crippen molar-refractivity contribution >= 4 is 29.1 Å². The highest BCUT2D eigenvalue weighted by Crippen LogP contribution is 2.24. The van der Waals surface area contributed by atoms with Gasteiger partial charge in [0.1, 0.15) is 18.1 Å². The Morgan fingerprint density at radius 2 is 1.94 bits per heavy atom. The molecule has 0 aromatic heterocycles. The van der Waals surface area contributed by atoms with E-state index in [0.29, 0.717) is 33.2 Å². The highest BCUT2D eigenvalue weighted by atomic mass is 35.5. The number of hydrogen-bond donors (Lipinski definition) is 1. The molecule has 3 aromatic carbocycles. The molecule has 0 heterocycles. The summed E-state index contributed by atoms with van der Waals surface area (Å²) in [4.78, 5) is 27.9. The van der Waals surface area contributed by atoms with Crippen LogP contribution in [0.2, 0.25) is 5.02 Å². The van der Waals surface area contributed by atoms with Crippen LogP contribution in [-0.2, 0) is 11.4 Å². The number of nitro benzene ring substituents is 1. The molecular weight excluding hydrogens is 450 g/mol. The normalized spacial score (nSPS) is 11.1. The number of rotatable bonds is 8. The number of nitro groups is 1. The van der Waals surface area contributed by atoms with Gasteiger partial charge in [0, 0.05) is 16.7 Å². The standard InChI is InChI=1S/C23H20ClN3O6/c1-14-10-18(7-8-20(14)27(29)30)32-13-15-4-3-5-16(11-15)23(28)33-26-22(25)19-12-17(24)6-9-21(19)31-2/h3-12H,13H2,1-2H3,(H2,25,26). The Kier molecular flexibility index (Phi) is 7.47. The Labute approximate surface area is 194 Å². The highest BCUT2D eigenvalue weighted by molar-refractivity contribution is 6.31. The summed E-state index contributed by atoms with van der Waals surface area (Å²) in [6.07, 6.45) is 0. The molecule has 0 bridgehead atoms. The molecule has 170 valence electrons. The molecule has 33 heavy (non-hydrogen) atoms. The van der Waals surface area contributed by atoms with Gasteiger partial charge in [0.25, 0.3) is 5.69 Å². The molecule has 10 heteroatoms. The zero-order valence-electron chi connectivity index (χ0n) is 17.8. The summed E-state index contributed by atoms with van der Waals surface area (Å²) in [6, 6.07) is 15.9. The molecule has 0 aliphatic carbocycles. The minimum atomic E-state index is -0.716. The van der Waals surface area contributed by atoms with Crippen LogP contribution in [0.5, 0.6) is 11.5 Å². The lowest BCUT2D eigenvalue weighted by Crippen LogP contribution is -2.16. The van der Waals surface area contributed by atoms with Gasteiger partial charge in [0.15, 0.2) is 5.84 Å². The van der Waals surface area contributed by atoms with E-state index in [1.165, 1.54) is 19.2 Å². The summed E-state index contributed by atoms with van der Waals surface area (Å²) in [6.45, 7) is 1.77. The predicted octanol–water partition coefficient (Wildman–Crippen LogP) is 4.62. The van der Waals surface area contributed by atoms with E-state index in [1.807, 2.05) is 0 Å². The molecule has 3 rings (SSSR count). The Bertz CT molecular complexity index is 1230. The molecule has 0 radical (unpaired) electrons. The zero-order chi connectivity index (χ0) is 24.0. The average Bonchev–Trinajstić information content (AvgIpc) is 2.81. The first-order valence-corrected chi connectivity index (χ1v) is 10.0. The van der Waals surface area contributed by atoms with Crippen molar-refractivity contribution in [3.8, 4) is 11.5 Å². The Morgan fingerprint density at radius 3 is 2.64 bits per heavy atom. The fraction of sp³-hybridized carbons (Fsp3) is 0.130. The monoisotopic (exact) mass is 469 g/mol. The second-order valence-corrected chi connectivity index (χ2v) is 7.33. The van der Waals surface area contributed by atoms with Gasteiger partial charge in [-0.15, -0.1) is 0 Å². The molecule has 0 unspecified atom stereocenters. The molecule has 0 amide bonds. The molecule has 3 aromatic rings. The summed E-state index contributed by atoms with van der Waals surface area (Å²) in [5, 5.41) is 15.0. The molecule has 0 aliphatic rings. The number of aryl methyl sites for hydroxylation is 1. The van der Waals surface area contributed by atoms with Crippen molar-refractivity contribution in [3.63, 3.8) is 0 Å². The van der Waals surface area contributed by atoms with Gasteiger partial charge in [-0.05, 0) is 55.0 Å². The summed E-state index contributed by atoms with van der Waals surface area (Å²) in [5.74, 6) is 0.110. The number of amidine groups is 1. The lowest BCUT2D eigenvalue weighted by atomic mass is 10.1. The van der Waals surface area contributed by atoms with E-state index < -0.39 is 10.9 Å². The first-order chi connectivity index (χ1) is 15.8. The first-order valence-electron chi connectivity index (χ1n) is 9.64. The predicted molar refractivity (Wildman–Crippen MR) is 123 cm³/mol. The minimum Gasteiger partial charge on any atom is -0.496 e. The van der Waals surface area contributed by atoms with E-state index in [0.717, 1.165) is 0 Å². The fourth-order valence-electron chi connectivity index (χ4n) is 2.95. The van der Waals surface area contributed by atoms with Crippen LogP contribution in [0.1, 0.15) is 27.0 Å². The molecule has 0 atom stereocenters. The van der Waals surface area contributed by atoms with Crippen molar-refractivity contribution in [1.29, 1.82) is 0 Å². The summed E-state index contributed by atoms with van der Waals surface area (Å²) in [7, 11) is 1.47. The van der Waals surface area contributed by atoms with Crippen molar-refractivity contribution in [2.24, 2.45) is 10.9 Å². The Balaban J connectivity index is 1.67. The van der Waals surface area contributed by atoms with Crippen molar-refractivity contribution < 1.29 is 24.0 Å². The van der Waals surface area contributed by atoms with Crippen LogP contribution in [0.4, 0.5) is 5.69 Å². The van der Waals surface area contributed by atoms with Gasteiger partial charge in [-0.2, -0.15) is 0 Å². The van der Waals surface area contributed by atoms with Crippen LogP contribution in [0.25, 0.3) is 0 Å². The Morgan fingerprint density at radius 1 is 1.15 bits per heavy atom. The first kappa shape index (κ1) is 23.6. The number of methoxy groups -OCH3 is 1. The topological polar surface area (TPSA) is 126 Å². The smallest absolute Gasteiger partial charge is 0.365 e. The lowest BCUT2D eigenvalue weighted by Gasteiger charge is -2.09. The summed E-state index contributed by atoms with van der Waals surface area (Å²) in [5.41, 5.74) is 7.74. The van der Waals surface area contributed by atoms with Crippen molar-refractivity contribution in [2.75, 3.05) is 7.11 Å². The summed E-state index contributed by atoms with van der Waals surface area (Å²) >= 11 is 5.98. The number of carbonyl (C=O) groups excluding carboxylic acids is 1. The number of halogens is 1. The molecular formula is C23H20ClN3O6. The van der Waals surface area contributed by atoms with Crippen molar-refractivity contribution in [3.05, 3.63) is 98.1 Å². The van der Waals surface area contributed by atoms with Crippen LogP contribution >= 0.6 is 11.6 Å². The van der Waals surface area contributed by atoms with Gasteiger partial charge in [-0.1, -0.05) is 28.9 Å².